The number of halogens is 1. The fraction of sp³-hybridized carbons (Fsp3) is 0.188. The molecule has 8 heteroatoms. The first kappa shape index (κ1) is 14.9. The second-order valence-electron chi connectivity index (χ2n) is 5.48. The second-order valence-corrected chi connectivity index (χ2v) is 5.89. The van der Waals surface area contributed by atoms with E-state index in [1.54, 1.807) is 25.3 Å². The van der Waals surface area contributed by atoms with Crippen molar-refractivity contribution >= 4 is 28.5 Å². The van der Waals surface area contributed by atoms with E-state index in [2.05, 4.69) is 15.2 Å². The number of aromatic amines is 1. The molecule has 1 amide bonds. The van der Waals surface area contributed by atoms with Gasteiger partial charge in [0.15, 0.2) is 11.9 Å². The lowest BCUT2D eigenvalue weighted by atomic mass is 10.1. The average Bonchev–Trinajstić information content (AvgIpc) is 3.15. The molecule has 1 unspecified atom stereocenters. The van der Waals surface area contributed by atoms with Gasteiger partial charge < -0.3 is 14.7 Å². The number of hydrogen-bond donors (Lipinski definition) is 2. The molecule has 0 saturated carbocycles. The molecule has 0 saturated heterocycles. The lowest BCUT2D eigenvalue weighted by Gasteiger charge is -2.21. The molecular formula is C16H13ClN4O3. The molecule has 1 aliphatic rings. The first-order chi connectivity index (χ1) is 11.6. The largest absolute Gasteiger partial charge is 0.497 e. The lowest BCUT2D eigenvalue weighted by molar-refractivity contribution is 0.0137. The number of aliphatic hydroxyl groups excluding tert-OH is 1. The summed E-state index contributed by atoms with van der Waals surface area (Å²) in [5, 5.41) is 18.2. The van der Waals surface area contributed by atoms with Crippen molar-refractivity contribution in [2.45, 2.75) is 12.8 Å². The molecule has 0 fully saturated rings. The fourth-order valence-electron chi connectivity index (χ4n) is 2.90. The molecule has 0 aliphatic carbocycles. The van der Waals surface area contributed by atoms with E-state index in [-0.39, 0.29) is 12.5 Å². The Morgan fingerprint density at radius 3 is 3.00 bits per heavy atom. The van der Waals surface area contributed by atoms with Gasteiger partial charge in [-0.05, 0) is 17.7 Å². The highest BCUT2D eigenvalue weighted by Gasteiger charge is 2.38. The molecule has 3 aromatic rings. The van der Waals surface area contributed by atoms with Crippen molar-refractivity contribution in [3.05, 3.63) is 52.3 Å². The number of methoxy groups -OCH3 is 1. The number of benzene rings is 1. The van der Waals surface area contributed by atoms with Crippen molar-refractivity contribution in [1.82, 2.24) is 20.1 Å². The Balaban J connectivity index is 1.71. The highest BCUT2D eigenvalue weighted by molar-refractivity contribution is 6.31. The van der Waals surface area contributed by atoms with Crippen molar-refractivity contribution in [3.8, 4) is 5.75 Å². The first-order valence-electron chi connectivity index (χ1n) is 7.23. The molecule has 7 nitrogen and oxygen atoms in total. The van der Waals surface area contributed by atoms with Crippen LogP contribution in [0.1, 0.15) is 27.7 Å². The highest BCUT2D eigenvalue weighted by Crippen LogP contribution is 2.36. The number of pyridine rings is 1. The van der Waals surface area contributed by atoms with Crippen LogP contribution in [0.15, 0.2) is 30.6 Å². The summed E-state index contributed by atoms with van der Waals surface area (Å²) in [6.07, 6.45) is 1.96. The van der Waals surface area contributed by atoms with E-state index >= 15 is 0 Å². The van der Waals surface area contributed by atoms with Gasteiger partial charge in [-0.2, -0.15) is 5.10 Å². The first-order valence-corrected chi connectivity index (χ1v) is 7.61. The molecule has 0 spiro atoms. The van der Waals surface area contributed by atoms with E-state index in [0.29, 0.717) is 38.5 Å². The highest BCUT2D eigenvalue weighted by atomic mass is 35.5. The maximum atomic E-state index is 12.8. The molecule has 2 aromatic heterocycles. The van der Waals surface area contributed by atoms with Gasteiger partial charge in [0.05, 0.1) is 30.8 Å². The van der Waals surface area contributed by atoms with E-state index in [0.717, 1.165) is 0 Å². The van der Waals surface area contributed by atoms with Crippen LogP contribution in [0.2, 0.25) is 5.02 Å². The van der Waals surface area contributed by atoms with Crippen molar-refractivity contribution in [2.24, 2.45) is 0 Å². The van der Waals surface area contributed by atoms with E-state index < -0.39 is 6.23 Å². The maximum Gasteiger partial charge on any atom is 0.257 e. The number of nitrogens with zero attached hydrogens (tertiary/aromatic N) is 3. The summed E-state index contributed by atoms with van der Waals surface area (Å²) in [5.41, 5.74) is 2.12. The Labute approximate surface area is 141 Å². The normalized spacial score (nSPS) is 16.7. The van der Waals surface area contributed by atoms with Gasteiger partial charge in [-0.1, -0.05) is 17.7 Å². The predicted octanol–water partition coefficient (Wildman–Crippen LogP) is 2.27. The minimum Gasteiger partial charge on any atom is -0.497 e. The fourth-order valence-corrected chi connectivity index (χ4v) is 3.13. The van der Waals surface area contributed by atoms with Crippen LogP contribution in [0.3, 0.4) is 0 Å². The minimum atomic E-state index is -1.07. The molecular weight excluding hydrogens is 332 g/mol. The van der Waals surface area contributed by atoms with Crippen molar-refractivity contribution in [1.29, 1.82) is 0 Å². The Bertz CT molecular complexity index is 956. The Morgan fingerprint density at radius 1 is 1.42 bits per heavy atom. The van der Waals surface area contributed by atoms with Crippen LogP contribution in [0, 0.1) is 0 Å². The molecule has 1 aliphatic heterocycles. The maximum absolute atomic E-state index is 12.8. The molecule has 4 rings (SSSR count). The summed E-state index contributed by atoms with van der Waals surface area (Å²) in [7, 11) is 1.55. The Morgan fingerprint density at radius 2 is 2.25 bits per heavy atom. The Kier molecular flexibility index (Phi) is 3.40. The van der Waals surface area contributed by atoms with E-state index in [9.17, 15) is 9.90 Å². The number of ether oxygens (including phenoxy) is 1. The van der Waals surface area contributed by atoms with Crippen LogP contribution in [-0.4, -0.2) is 38.2 Å². The third-order valence-corrected chi connectivity index (χ3v) is 4.51. The molecule has 24 heavy (non-hydrogen) atoms. The zero-order valence-corrected chi connectivity index (χ0v) is 13.4. The second kappa shape index (κ2) is 5.47. The van der Waals surface area contributed by atoms with Gasteiger partial charge in [0.25, 0.3) is 5.91 Å². The number of carbonyl (C=O) groups excluding carboxylic acids is 1. The van der Waals surface area contributed by atoms with Crippen LogP contribution < -0.4 is 4.74 Å². The zero-order valence-electron chi connectivity index (χ0n) is 12.7. The average molecular weight is 345 g/mol. The zero-order chi connectivity index (χ0) is 16.8. The van der Waals surface area contributed by atoms with Gasteiger partial charge in [-0.15, -0.1) is 0 Å². The lowest BCUT2D eigenvalue weighted by Crippen LogP contribution is -2.27. The van der Waals surface area contributed by atoms with Gasteiger partial charge in [0, 0.05) is 16.8 Å². The summed E-state index contributed by atoms with van der Waals surface area (Å²) in [6.45, 7) is 0.177. The summed E-state index contributed by atoms with van der Waals surface area (Å²) >= 11 is 6.24. The summed E-state index contributed by atoms with van der Waals surface area (Å²) in [6, 6.07) is 5.21. The number of rotatable bonds is 3. The number of amides is 1. The number of aliphatic hydroxyl groups is 1. The van der Waals surface area contributed by atoms with Crippen LogP contribution in [-0.2, 0) is 6.54 Å². The topological polar surface area (TPSA) is 91.3 Å². The van der Waals surface area contributed by atoms with Crippen LogP contribution >= 0.6 is 11.6 Å². The van der Waals surface area contributed by atoms with Gasteiger partial charge in [0.1, 0.15) is 5.75 Å². The quantitative estimate of drug-likeness (QED) is 0.760. The number of aromatic nitrogens is 3. The van der Waals surface area contributed by atoms with Crippen molar-refractivity contribution < 1.29 is 14.6 Å². The summed E-state index contributed by atoms with van der Waals surface area (Å²) < 4.78 is 5.12. The number of carbonyl (C=O) groups is 1. The summed E-state index contributed by atoms with van der Waals surface area (Å²) in [4.78, 5) is 18.3. The van der Waals surface area contributed by atoms with Gasteiger partial charge in [0.2, 0.25) is 0 Å². The number of fused-ring (bicyclic) bond motifs is 3. The van der Waals surface area contributed by atoms with E-state index in [1.807, 2.05) is 0 Å². The smallest absolute Gasteiger partial charge is 0.257 e. The van der Waals surface area contributed by atoms with Gasteiger partial charge >= 0.3 is 0 Å². The minimum absolute atomic E-state index is 0.177. The van der Waals surface area contributed by atoms with Gasteiger partial charge in [-0.3, -0.25) is 9.89 Å². The third kappa shape index (κ3) is 2.13. The molecule has 0 bridgehead atoms. The number of nitrogens with one attached hydrogen (secondary N) is 1. The SMILES string of the molecule is COc1ccc(CN2C(=O)c3c(cnc4[nH]ncc34)C2O)c(Cl)c1. The molecule has 3 heterocycles. The van der Waals surface area contributed by atoms with Crippen LogP contribution in [0.5, 0.6) is 5.75 Å². The predicted molar refractivity (Wildman–Crippen MR) is 86.7 cm³/mol. The number of H-pyrrole nitrogens is 1. The molecule has 122 valence electrons. The van der Waals surface area contributed by atoms with Crippen molar-refractivity contribution in [2.75, 3.05) is 7.11 Å². The molecule has 2 N–H and O–H groups in total. The van der Waals surface area contributed by atoms with E-state index in [4.69, 9.17) is 16.3 Å². The molecule has 1 aromatic carbocycles. The van der Waals surface area contributed by atoms with Crippen molar-refractivity contribution in [3.63, 3.8) is 0 Å². The third-order valence-electron chi connectivity index (χ3n) is 4.16. The van der Waals surface area contributed by atoms with Crippen LogP contribution in [0.25, 0.3) is 11.0 Å². The molecule has 0 radical (unpaired) electrons. The standard InChI is InChI=1S/C16H13ClN4O3/c1-24-9-3-2-8(12(17)4-9)7-21-15(22)11-5-18-14-10(6-19-20-14)13(11)16(21)23/h2-6,15,22H,7H2,1H3,(H,18,19,20). The van der Waals surface area contributed by atoms with Gasteiger partial charge in [-0.25, -0.2) is 4.98 Å². The number of hydrogen-bond acceptors (Lipinski definition) is 5. The van der Waals surface area contributed by atoms with E-state index in [1.165, 1.54) is 17.3 Å². The Hall–Kier alpha value is -2.64. The molecule has 1 atom stereocenters. The monoisotopic (exact) mass is 344 g/mol. The van der Waals surface area contributed by atoms with Crippen LogP contribution in [0.4, 0.5) is 0 Å². The summed E-state index contributed by atoms with van der Waals surface area (Å²) in [5.74, 6) is 0.350.